The van der Waals surface area contributed by atoms with Crippen molar-refractivity contribution in [1.82, 2.24) is 0 Å². The quantitative estimate of drug-likeness (QED) is 0.118. The molecule has 0 radical (unpaired) electrons. The van der Waals surface area contributed by atoms with Gasteiger partial charge in [-0.25, -0.2) is 0 Å². The first-order valence-corrected chi connectivity index (χ1v) is 21.6. The molecule has 0 N–H and O–H groups in total. The summed E-state index contributed by atoms with van der Waals surface area (Å²) >= 11 is 0. The lowest BCUT2D eigenvalue weighted by atomic mass is 9.82. The zero-order valence-electron chi connectivity index (χ0n) is 37.7. The molecule has 0 spiro atoms. The standard InChI is InChI=1S/C14H30.C8H18.C7H16.C6H14.C5H12.2C3H8.2CH4/c1-4-5-6-7-8-9-10-11-12-13-14(2)3;1-5-8(4,6-2)7-3;1-4-5-6-7(2)3;1-4-5-6(2)3;1-4-5(2)3;2*1-3-2;;/h14H,4-13H2,1-3H3;5-7H2,1-4H3;7H,4-6H2,1-3H3;6H,4-5H2,1-3H3;5H,4H2,1-3H3;2*3H2,1-2H3;2*1H4. The first kappa shape index (κ1) is 69.7. The van der Waals surface area contributed by atoms with Gasteiger partial charge in [-0.05, 0) is 29.1 Å². The molecule has 0 nitrogen and oxygen atoms in total. The van der Waals surface area contributed by atoms with Crippen LogP contribution in [0.5, 0.6) is 0 Å². The van der Waals surface area contributed by atoms with E-state index in [1.807, 2.05) is 0 Å². The molecule has 48 heavy (non-hydrogen) atoms. The summed E-state index contributed by atoms with van der Waals surface area (Å²) in [6.45, 7) is 44.8. The van der Waals surface area contributed by atoms with Crippen LogP contribution in [0.4, 0.5) is 0 Å². The van der Waals surface area contributed by atoms with Crippen molar-refractivity contribution in [2.75, 3.05) is 0 Å². The van der Waals surface area contributed by atoms with Crippen molar-refractivity contribution >= 4 is 0 Å². The summed E-state index contributed by atoms with van der Waals surface area (Å²) in [5.74, 6) is 3.59. The SMILES string of the molecule is C.C.CCC.CCC.CCC(C)(CC)CC.CCC(C)C.CCCC(C)C.CCCCC(C)C.CCCCCCCCCCCC(C)C. The zero-order valence-corrected chi connectivity index (χ0v) is 37.7. The lowest BCUT2D eigenvalue weighted by molar-refractivity contribution is 0.286. The normalized spacial score (nSPS) is 9.75. The average Bonchev–Trinajstić information content (AvgIpc) is 3.00. The molecule has 0 aliphatic carbocycles. The van der Waals surface area contributed by atoms with E-state index in [4.69, 9.17) is 0 Å². The largest absolute Gasteiger partial charge is 0.0776 e. The van der Waals surface area contributed by atoms with E-state index in [2.05, 4.69) is 138 Å². The van der Waals surface area contributed by atoms with Gasteiger partial charge in [0.2, 0.25) is 0 Å². The molecule has 0 amide bonds. The lowest BCUT2D eigenvalue weighted by Crippen LogP contribution is -2.10. The molecule has 0 aliphatic rings. The van der Waals surface area contributed by atoms with Gasteiger partial charge in [0, 0.05) is 0 Å². The fourth-order valence-electron chi connectivity index (χ4n) is 3.80. The predicted molar refractivity (Wildman–Crippen MR) is 240 cm³/mol. The Kier molecular flexibility index (Phi) is 95.0. The molecule has 0 saturated heterocycles. The Morgan fingerprint density at radius 3 is 0.729 bits per heavy atom. The van der Waals surface area contributed by atoms with Gasteiger partial charge in [-0.1, -0.05) is 288 Å². The van der Waals surface area contributed by atoms with Crippen LogP contribution in [0.3, 0.4) is 0 Å². The van der Waals surface area contributed by atoms with Gasteiger partial charge >= 0.3 is 0 Å². The molecule has 0 atom stereocenters. The Hall–Kier alpha value is 0. The highest BCUT2D eigenvalue weighted by Gasteiger charge is 2.15. The summed E-state index contributed by atoms with van der Waals surface area (Å²) in [5.41, 5.74) is 0.625. The number of hydrogen-bond donors (Lipinski definition) is 0. The van der Waals surface area contributed by atoms with Gasteiger partial charge in [0.1, 0.15) is 0 Å². The van der Waals surface area contributed by atoms with E-state index in [0.717, 1.165) is 23.7 Å². The van der Waals surface area contributed by atoms with Crippen molar-refractivity contribution in [1.29, 1.82) is 0 Å². The van der Waals surface area contributed by atoms with Crippen LogP contribution in [0, 0.1) is 29.1 Å². The van der Waals surface area contributed by atoms with E-state index in [0.29, 0.717) is 5.41 Å². The molecule has 0 rings (SSSR count). The molecule has 0 aliphatic heterocycles. The van der Waals surface area contributed by atoms with Crippen LogP contribution in [-0.2, 0) is 0 Å². The molecular formula is C48H114. The third-order valence-electron chi connectivity index (χ3n) is 8.26. The first-order chi connectivity index (χ1) is 21.6. The van der Waals surface area contributed by atoms with E-state index in [1.165, 1.54) is 135 Å². The van der Waals surface area contributed by atoms with Crippen LogP contribution in [0.15, 0.2) is 0 Å². The van der Waals surface area contributed by atoms with E-state index in [9.17, 15) is 0 Å². The number of unbranched alkanes of at least 4 members (excludes halogenated alkanes) is 9. The van der Waals surface area contributed by atoms with Gasteiger partial charge < -0.3 is 0 Å². The van der Waals surface area contributed by atoms with Crippen LogP contribution in [0.2, 0.25) is 0 Å². The third-order valence-corrected chi connectivity index (χ3v) is 8.26. The molecular weight excluding hydrogens is 577 g/mol. The topological polar surface area (TPSA) is 0 Å². The van der Waals surface area contributed by atoms with Crippen molar-refractivity contribution in [3.63, 3.8) is 0 Å². The molecule has 0 unspecified atom stereocenters. The van der Waals surface area contributed by atoms with Crippen molar-refractivity contribution < 1.29 is 0 Å². The summed E-state index contributed by atoms with van der Waals surface area (Å²) in [6, 6.07) is 0. The van der Waals surface area contributed by atoms with Gasteiger partial charge in [-0.3, -0.25) is 0 Å². The highest BCUT2D eigenvalue weighted by atomic mass is 14.2. The summed E-state index contributed by atoms with van der Waals surface area (Å²) in [4.78, 5) is 0. The van der Waals surface area contributed by atoms with Gasteiger partial charge in [0.05, 0.1) is 0 Å². The Morgan fingerprint density at radius 1 is 0.333 bits per heavy atom. The van der Waals surface area contributed by atoms with Crippen molar-refractivity contribution in [2.45, 2.75) is 288 Å². The molecule has 0 saturated carbocycles. The van der Waals surface area contributed by atoms with Gasteiger partial charge in [0.15, 0.2) is 0 Å². The zero-order chi connectivity index (χ0) is 37.7. The Morgan fingerprint density at radius 2 is 0.583 bits per heavy atom. The minimum absolute atomic E-state index is 0. The van der Waals surface area contributed by atoms with Crippen LogP contribution in [-0.4, -0.2) is 0 Å². The van der Waals surface area contributed by atoms with Crippen molar-refractivity contribution in [3.8, 4) is 0 Å². The van der Waals surface area contributed by atoms with E-state index in [1.54, 1.807) is 0 Å². The van der Waals surface area contributed by atoms with E-state index in [-0.39, 0.29) is 14.9 Å². The van der Waals surface area contributed by atoms with Crippen LogP contribution >= 0.6 is 0 Å². The second-order valence-corrected chi connectivity index (χ2v) is 15.8. The Labute approximate surface area is 316 Å². The lowest BCUT2D eigenvalue weighted by Gasteiger charge is -2.23. The molecule has 0 aromatic rings. The molecule has 306 valence electrons. The highest BCUT2D eigenvalue weighted by molar-refractivity contribution is 4.67. The fourth-order valence-corrected chi connectivity index (χ4v) is 3.80. The van der Waals surface area contributed by atoms with Gasteiger partial charge in [-0.15, -0.1) is 0 Å². The molecule has 0 bridgehead atoms. The van der Waals surface area contributed by atoms with E-state index < -0.39 is 0 Å². The molecule has 0 aromatic carbocycles. The molecule has 0 heteroatoms. The van der Waals surface area contributed by atoms with Crippen molar-refractivity contribution in [3.05, 3.63) is 0 Å². The Bertz CT molecular complexity index is 388. The molecule has 0 aromatic heterocycles. The summed E-state index contributed by atoms with van der Waals surface area (Å²) in [6.07, 6.45) is 29.1. The molecule has 0 fully saturated rings. The minimum Gasteiger partial charge on any atom is -0.0776 e. The maximum atomic E-state index is 2.35. The second-order valence-electron chi connectivity index (χ2n) is 15.8. The number of hydrogen-bond acceptors (Lipinski definition) is 0. The van der Waals surface area contributed by atoms with Gasteiger partial charge in [0.25, 0.3) is 0 Å². The highest BCUT2D eigenvalue weighted by Crippen LogP contribution is 2.28. The predicted octanol–water partition coefficient (Wildman–Crippen LogP) is 20.2. The first-order valence-electron chi connectivity index (χ1n) is 21.6. The summed E-state index contributed by atoms with van der Waals surface area (Å²) in [5, 5.41) is 0. The average molecular weight is 691 g/mol. The molecule has 0 heterocycles. The fraction of sp³-hybridized carbons (Fsp3) is 1.00. The maximum Gasteiger partial charge on any atom is -0.0334 e. The number of rotatable bonds is 19. The van der Waals surface area contributed by atoms with Crippen LogP contribution in [0.1, 0.15) is 288 Å². The second kappa shape index (κ2) is 65.4. The third kappa shape index (κ3) is 111. The summed E-state index contributed by atoms with van der Waals surface area (Å²) in [7, 11) is 0. The van der Waals surface area contributed by atoms with Gasteiger partial charge in [-0.2, -0.15) is 0 Å². The maximum absolute atomic E-state index is 2.35. The summed E-state index contributed by atoms with van der Waals surface area (Å²) < 4.78 is 0. The van der Waals surface area contributed by atoms with Crippen LogP contribution < -0.4 is 0 Å². The minimum atomic E-state index is 0. The van der Waals surface area contributed by atoms with Crippen molar-refractivity contribution in [2.24, 2.45) is 29.1 Å². The monoisotopic (exact) mass is 691 g/mol. The van der Waals surface area contributed by atoms with E-state index >= 15 is 0 Å². The van der Waals surface area contributed by atoms with Crippen LogP contribution in [0.25, 0.3) is 0 Å². The Balaban J connectivity index is -0.0000000560. The smallest absolute Gasteiger partial charge is 0.0334 e.